The molecular weight excluding hydrogens is 260 g/mol. The number of nitrogens with zero attached hydrogens (tertiary/aromatic N) is 3. The van der Waals surface area contributed by atoms with E-state index in [2.05, 4.69) is 65.6 Å². The van der Waals surface area contributed by atoms with Crippen molar-refractivity contribution < 1.29 is 0 Å². The first kappa shape index (κ1) is 13.4. The molecule has 0 fully saturated rings. The molecule has 0 spiro atoms. The maximum Gasteiger partial charge on any atom is 0.138 e. The number of aryl methyl sites for hydroxylation is 1. The van der Waals surface area contributed by atoms with E-state index in [0.29, 0.717) is 0 Å². The molecule has 0 amide bonds. The van der Waals surface area contributed by atoms with Crippen LogP contribution < -0.4 is 5.32 Å². The summed E-state index contributed by atoms with van der Waals surface area (Å²) >= 11 is 0. The largest absolute Gasteiger partial charge is 0.379 e. The second-order valence-electron chi connectivity index (χ2n) is 5.16. The van der Waals surface area contributed by atoms with Gasteiger partial charge in [0.2, 0.25) is 0 Å². The van der Waals surface area contributed by atoms with E-state index in [1.807, 2.05) is 12.1 Å². The molecule has 0 saturated carbocycles. The Hall–Kier alpha value is -2.62. The van der Waals surface area contributed by atoms with Crippen molar-refractivity contribution in [3.63, 3.8) is 0 Å². The van der Waals surface area contributed by atoms with Gasteiger partial charge in [0.1, 0.15) is 12.7 Å². The summed E-state index contributed by atoms with van der Waals surface area (Å²) in [5.74, 6) is 0. The Kier molecular flexibility index (Phi) is 3.69. The molecule has 2 aromatic carbocycles. The molecule has 4 heteroatoms. The number of anilines is 1. The number of nitrogens with one attached hydrogen (secondary N) is 1. The normalized spacial score (nSPS) is 12.1. The first-order chi connectivity index (χ1) is 10.2. The quantitative estimate of drug-likeness (QED) is 0.790. The van der Waals surface area contributed by atoms with Gasteiger partial charge in [0.05, 0.1) is 5.69 Å². The summed E-state index contributed by atoms with van der Waals surface area (Å²) in [6.07, 6.45) is 3.23. The van der Waals surface area contributed by atoms with Crippen molar-refractivity contribution in [2.75, 3.05) is 5.32 Å². The van der Waals surface area contributed by atoms with Gasteiger partial charge in [-0.1, -0.05) is 29.8 Å². The van der Waals surface area contributed by atoms with Gasteiger partial charge >= 0.3 is 0 Å². The lowest BCUT2D eigenvalue weighted by atomic mass is 10.1. The summed E-state index contributed by atoms with van der Waals surface area (Å²) in [7, 11) is 0. The average molecular weight is 278 g/mol. The van der Waals surface area contributed by atoms with Crippen molar-refractivity contribution in [3.05, 3.63) is 72.3 Å². The van der Waals surface area contributed by atoms with Gasteiger partial charge in [-0.25, -0.2) is 9.67 Å². The molecule has 3 aromatic rings. The standard InChI is InChI=1S/C17H18N4/c1-13-3-5-15(6-4-13)14(2)20-16-7-9-17(10-8-16)21-12-18-11-19-21/h3-12,14,20H,1-2H3. The Morgan fingerprint density at radius 2 is 1.71 bits per heavy atom. The molecule has 0 aliphatic carbocycles. The summed E-state index contributed by atoms with van der Waals surface area (Å²) in [6, 6.07) is 17.0. The van der Waals surface area contributed by atoms with E-state index in [4.69, 9.17) is 0 Å². The lowest BCUT2D eigenvalue weighted by Crippen LogP contribution is -2.06. The van der Waals surface area contributed by atoms with Crippen LogP contribution in [0.15, 0.2) is 61.2 Å². The minimum atomic E-state index is 0.267. The molecule has 1 heterocycles. The van der Waals surface area contributed by atoms with Crippen molar-refractivity contribution in [1.82, 2.24) is 14.8 Å². The van der Waals surface area contributed by atoms with Crippen molar-refractivity contribution in [2.24, 2.45) is 0 Å². The van der Waals surface area contributed by atoms with Crippen molar-refractivity contribution in [3.8, 4) is 5.69 Å². The first-order valence-electron chi connectivity index (χ1n) is 7.00. The van der Waals surface area contributed by atoms with Gasteiger partial charge in [0.25, 0.3) is 0 Å². The molecule has 0 saturated heterocycles. The topological polar surface area (TPSA) is 42.7 Å². The third kappa shape index (κ3) is 3.11. The molecule has 1 atom stereocenters. The molecule has 1 aromatic heterocycles. The highest BCUT2D eigenvalue weighted by molar-refractivity contribution is 5.49. The lowest BCUT2D eigenvalue weighted by Gasteiger charge is -2.16. The summed E-state index contributed by atoms with van der Waals surface area (Å²) in [5, 5.41) is 7.62. The van der Waals surface area contributed by atoms with Gasteiger partial charge < -0.3 is 5.32 Å². The van der Waals surface area contributed by atoms with E-state index in [9.17, 15) is 0 Å². The minimum absolute atomic E-state index is 0.267. The summed E-state index contributed by atoms with van der Waals surface area (Å²) < 4.78 is 1.74. The van der Waals surface area contributed by atoms with Crippen molar-refractivity contribution >= 4 is 5.69 Å². The molecule has 106 valence electrons. The van der Waals surface area contributed by atoms with Gasteiger partial charge in [0, 0.05) is 11.7 Å². The van der Waals surface area contributed by atoms with Gasteiger partial charge in [-0.15, -0.1) is 0 Å². The second kappa shape index (κ2) is 5.79. The SMILES string of the molecule is Cc1ccc(C(C)Nc2ccc(-n3cncn3)cc2)cc1. The zero-order valence-electron chi connectivity index (χ0n) is 12.2. The van der Waals surface area contributed by atoms with Crippen LogP contribution in [-0.4, -0.2) is 14.8 Å². The monoisotopic (exact) mass is 278 g/mol. The molecule has 0 aliphatic heterocycles. The Bertz CT molecular complexity index is 685. The average Bonchev–Trinajstić information content (AvgIpc) is 3.03. The number of aromatic nitrogens is 3. The zero-order chi connectivity index (χ0) is 14.7. The Balaban J connectivity index is 1.71. The lowest BCUT2D eigenvalue weighted by molar-refractivity contribution is 0.872. The predicted molar refractivity (Wildman–Crippen MR) is 84.6 cm³/mol. The molecule has 1 unspecified atom stereocenters. The van der Waals surface area contributed by atoms with Gasteiger partial charge in [-0.2, -0.15) is 5.10 Å². The predicted octanol–water partition coefficient (Wildman–Crippen LogP) is 3.75. The highest BCUT2D eigenvalue weighted by Crippen LogP contribution is 2.20. The number of benzene rings is 2. The summed E-state index contributed by atoms with van der Waals surface area (Å²) in [5.41, 5.74) is 4.65. The highest BCUT2D eigenvalue weighted by atomic mass is 15.3. The van der Waals surface area contributed by atoms with Crippen LogP contribution in [0.2, 0.25) is 0 Å². The Morgan fingerprint density at radius 1 is 1.00 bits per heavy atom. The van der Waals surface area contributed by atoms with Crippen molar-refractivity contribution in [1.29, 1.82) is 0 Å². The van der Waals surface area contributed by atoms with E-state index in [0.717, 1.165) is 11.4 Å². The molecule has 0 radical (unpaired) electrons. The van der Waals surface area contributed by atoms with Gasteiger partial charge in [-0.3, -0.25) is 0 Å². The summed E-state index contributed by atoms with van der Waals surface area (Å²) in [4.78, 5) is 3.95. The molecule has 4 nitrogen and oxygen atoms in total. The molecule has 21 heavy (non-hydrogen) atoms. The van der Waals surface area contributed by atoms with Crippen LogP contribution in [-0.2, 0) is 0 Å². The van der Waals surface area contributed by atoms with Crippen LogP contribution >= 0.6 is 0 Å². The van der Waals surface area contributed by atoms with Crippen LogP contribution in [0.4, 0.5) is 5.69 Å². The minimum Gasteiger partial charge on any atom is -0.379 e. The van der Waals surface area contributed by atoms with E-state index in [1.165, 1.54) is 17.5 Å². The van der Waals surface area contributed by atoms with Crippen molar-refractivity contribution in [2.45, 2.75) is 19.9 Å². The summed E-state index contributed by atoms with van der Waals surface area (Å²) in [6.45, 7) is 4.26. The zero-order valence-corrected chi connectivity index (χ0v) is 12.2. The van der Waals surface area contributed by atoms with Crippen LogP contribution in [0.1, 0.15) is 24.1 Å². The Morgan fingerprint density at radius 3 is 2.33 bits per heavy atom. The van der Waals surface area contributed by atoms with Crippen LogP contribution in [0.3, 0.4) is 0 Å². The third-order valence-corrected chi connectivity index (χ3v) is 3.51. The van der Waals surface area contributed by atoms with Crippen LogP contribution in [0, 0.1) is 6.92 Å². The van der Waals surface area contributed by atoms with E-state index in [-0.39, 0.29) is 6.04 Å². The number of hydrogen-bond acceptors (Lipinski definition) is 3. The van der Waals surface area contributed by atoms with Gasteiger partial charge in [0.15, 0.2) is 0 Å². The maximum absolute atomic E-state index is 4.12. The molecule has 0 bridgehead atoms. The van der Waals surface area contributed by atoms with E-state index < -0.39 is 0 Å². The molecular formula is C17H18N4. The molecule has 3 rings (SSSR count). The molecule has 1 N–H and O–H groups in total. The maximum atomic E-state index is 4.12. The second-order valence-corrected chi connectivity index (χ2v) is 5.16. The Labute approximate surface area is 124 Å². The van der Waals surface area contributed by atoms with E-state index >= 15 is 0 Å². The van der Waals surface area contributed by atoms with Crippen LogP contribution in [0.5, 0.6) is 0 Å². The highest BCUT2D eigenvalue weighted by Gasteiger charge is 2.05. The van der Waals surface area contributed by atoms with Gasteiger partial charge in [-0.05, 0) is 43.7 Å². The first-order valence-corrected chi connectivity index (χ1v) is 7.00. The number of rotatable bonds is 4. The fourth-order valence-corrected chi connectivity index (χ4v) is 2.24. The third-order valence-electron chi connectivity index (χ3n) is 3.51. The molecule has 0 aliphatic rings. The fourth-order valence-electron chi connectivity index (χ4n) is 2.24. The smallest absolute Gasteiger partial charge is 0.138 e. The van der Waals surface area contributed by atoms with E-state index in [1.54, 1.807) is 11.0 Å². The number of hydrogen-bond donors (Lipinski definition) is 1. The van der Waals surface area contributed by atoms with Crippen LogP contribution in [0.25, 0.3) is 5.69 Å². The fraction of sp³-hybridized carbons (Fsp3) is 0.176.